The number of aryl methyl sites for hydroxylation is 1. The van der Waals surface area contributed by atoms with E-state index in [1.807, 2.05) is 37.3 Å². The Balaban J connectivity index is 2.20. The van der Waals surface area contributed by atoms with Gasteiger partial charge in [-0.2, -0.15) is 0 Å². The summed E-state index contributed by atoms with van der Waals surface area (Å²) >= 11 is 0. The molecule has 0 spiro atoms. The summed E-state index contributed by atoms with van der Waals surface area (Å²) in [7, 11) is 0. The molecule has 0 atom stereocenters. The quantitative estimate of drug-likeness (QED) is 0.817. The van der Waals surface area contributed by atoms with Crippen molar-refractivity contribution in [2.45, 2.75) is 13.3 Å². The van der Waals surface area contributed by atoms with Gasteiger partial charge in [-0.15, -0.1) is 0 Å². The van der Waals surface area contributed by atoms with Crippen molar-refractivity contribution in [2.24, 2.45) is 0 Å². The Bertz CT molecular complexity index is 549. The highest BCUT2D eigenvalue weighted by molar-refractivity contribution is 5.98. The number of carbonyl (C=O) groups excluding carboxylic acids is 1. The Morgan fingerprint density at radius 1 is 1.29 bits per heavy atom. The van der Waals surface area contributed by atoms with Gasteiger partial charge in [0, 0.05) is 23.7 Å². The van der Waals surface area contributed by atoms with E-state index >= 15 is 0 Å². The lowest BCUT2D eigenvalue weighted by Crippen LogP contribution is -2.06. The summed E-state index contributed by atoms with van der Waals surface area (Å²) < 4.78 is 0. The van der Waals surface area contributed by atoms with Crippen LogP contribution in [0.4, 0.5) is 5.82 Å². The number of hydrogen-bond donors (Lipinski definition) is 1. The largest absolute Gasteiger partial charge is 0.383 e. The van der Waals surface area contributed by atoms with Crippen molar-refractivity contribution < 1.29 is 4.79 Å². The second kappa shape index (κ2) is 4.78. The minimum absolute atomic E-state index is 0.0633. The standard InChI is InChI=1S/C14H14N2O/c1-10-4-2-5-11(8-10)13(17)9-12-6-3-7-16-14(12)15/h2-8H,9H2,1H3,(H2,15,16). The van der Waals surface area contributed by atoms with E-state index in [1.54, 1.807) is 12.3 Å². The molecule has 0 aliphatic heterocycles. The third kappa shape index (κ3) is 2.69. The molecule has 86 valence electrons. The molecule has 0 aliphatic rings. The lowest BCUT2D eigenvalue weighted by molar-refractivity contribution is 0.0993. The number of rotatable bonds is 3. The first-order chi connectivity index (χ1) is 8.16. The molecular formula is C14H14N2O. The highest BCUT2D eigenvalue weighted by atomic mass is 16.1. The zero-order valence-corrected chi connectivity index (χ0v) is 9.68. The molecule has 0 bridgehead atoms. The lowest BCUT2D eigenvalue weighted by Gasteiger charge is -2.04. The number of anilines is 1. The highest BCUT2D eigenvalue weighted by Crippen LogP contribution is 2.12. The molecule has 0 fully saturated rings. The highest BCUT2D eigenvalue weighted by Gasteiger charge is 2.09. The fraction of sp³-hybridized carbons (Fsp3) is 0.143. The molecule has 17 heavy (non-hydrogen) atoms. The first-order valence-electron chi connectivity index (χ1n) is 5.46. The maximum atomic E-state index is 12.0. The molecule has 2 aromatic rings. The van der Waals surface area contributed by atoms with Gasteiger partial charge in [0.15, 0.2) is 5.78 Å². The topological polar surface area (TPSA) is 56.0 Å². The van der Waals surface area contributed by atoms with Crippen LogP contribution in [0.1, 0.15) is 21.5 Å². The zero-order chi connectivity index (χ0) is 12.3. The smallest absolute Gasteiger partial charge is 0.167 e. The van der Waals surface area contributed by atoms with E-state index in [-0.39, 0.29) is 5.78 Å². The van der Waals surface area contributed by atoms with Crippen LogP contribution < -0.4 is 5.73 Å². The van der Waals surface area contributed by atoms with Gasteiger partial charge in [-0.3, -0.25) is 4.79 Å². The monoisotopic (exact) mass is 226 g/mol. The van der Waals surface area contributed by atoms with Gasteiger partial charge < -0.3 is 5.73 Å². The van der Waals surface area contributed by atoms with Crippen molar-refractivity contribution in [1.29, 1.82) is 0 Å². The van der Waals surface area contributed by atoms with Gasteiger partial charge >= 0.3 is 0 Å². The van der Waals surface area contributed by atoms with Gasteiger partial charge in [0.25, 0.3) is 0 Å². The number of benzene rings is 1. The molecule has 0 amide bonds. The maximum absolute atomic E-state index is 12.0. The second-order valence-corrected chi connectivity index (χ2v) is 4.02. The van der Waals surface area contributed by atoms with E-state index in [0.29, 0.717) is 17.8 Å². The van der Waals surface area contributed by atoms with Crippen LogP contribution in [0.2, 0.25) is 0 Å². The number of Topliss-reactive ketones (excluding diaryl/α,β-unsaturated/α-hetero) is 1. The predicted octanol–water partition coefficient (Wildman–Crippen LogP) is 2.40. The summed E-state index contributed by atoms with van der Waals surface area (Å²) in [6.07, 6.45) is 1.92. The SMILES string of the molecule is Cc1cccc(C(=O)Cc2cccnc2N)c1. The molecule has 3 heteroatoms. The molecule has 2 rings (SSSR count). The van der Waals surface area contributed by atoms with E-state index < -0.39 is 0 Å². The molecule has 1 aromatic heterocycles. The average molecular weight is 226 g/mol. The predicted molar refractivity (Wildman–Crippen MR) is 67.9 cm³/mol. The van der Waals surface area contributed by atoms with Gasteiger partial charge in [-0.05, 0) is 19.1 Å². The van der Waals surface area contributed by atoms with Crippen molar-refractivity contribution in [3.8, 4) is 0 Å². The fourth-order valence-corrected chi connectivity index (χ4v) is 1.69. The molecule has 0 unspecified atom stereocenters. The summed E-state index contributed by atoms with van der Waals surface area (Å²) in [6, 6.07) is 11.2. The van der Waals surface area contributed by atoms with Crippen molar-refractivity contribution >= 4 is 11.6 Å². The Kier molecular flexibility index (Phi) is 3.19. The maximum Gasteiger partial charge on any atom is 0.167 e. The van der Waals surface area contributed by atoms with Crippen molar-refractivity contribution in [3.05, 3.63) is 59.3 Å². The Morgan fingerprint density at radius 3 is 2.82 bits per heavy atom. The second-order valence-electron chi connectivity index (χ2n) is 4.02. The molecule has 3 nitrogen and oxygen atoms in total. The number of aromatic nitrogens is 1. The van der Waals surface area contributed by atoms with E-state index in [2.05, 4.69) is 4.98 Å². The van der Waals surface area contributed by atoms with Gasteiger partial charge in [0.2, 0.25) is 0 Å². The van der Waals surface area contributed by atoms with Crippen LogP contribution in [0.25, 0.3) is 0 Å². The number of pyridine rings is 1. The lowest BCUT2D eigenvalue weighted by atomic mass is 10.0. The Hall–Kier alpha value is -2.16. The van der Waals surface area contributed by atoms with Crippen LogP contribution in [0.15, 0.2) is 42.6 Å². The molecule has 2 N–H and O–H groups in total. The molecule has 0 radical (unpaired) electrons. The summed E-state index contributed by atoms with van der Waals surface area (Å²) in [5, 5.41) is 0. The Morgan fingerprint density at radius 2 is 2.12 bits per heavy atom. The number of nitrogens with zero attached hydrogens (tertiary/aromatic N) is 1. The van der Waals surface area contributed by atoms with Gasteiger partial charge in [0.05, 0.1) is 0 Å². The third-order valence-electron chi connectivity index (χ3n) is 2.62. The third-order valence-corrected chi connectivity index (χ3v) is 2.62. The summed E-state index contributed by atoms with van der Waals surface area (Å²) in [5.74, 6) is 0.488. The number of ketones is 1. The normalized spacial score (nSPS) is 10.2. The Labute approximate surface area is 100 Å². The number of hydrogen-bond acceptors (Lipinski definition) is 3. The number of carbonyl (C=O) groups is 1. The van der Waals surface area contributed by atoms with E-state index in [9.17, 15) is 4.79 Å². The molecule has 0 saturated heterocycles. The van der Waals surface area contributed by atoms with E-state index in [0.717, 1.165) is 11.1 Å². The van der Waals surface area contributed by atoms with Gasteiger partial charge in [-0.25, -0.2) is 4.98 Å². The van der Waals surface area contributed by atoms with Gasteiger partial charge in [-0.1, -0.05) is 29.8 Å². The molecule has 1 aromatic carbocycles. The van der Waals surface area contributed by atoms with Crippen LogP contribution in [0, 0.1) is 6.92 Å². The van der Waals surface area contributed by atoms with E-state index in [4.69, 9.17) is 5.73 Å². The first kappa shape index (κ1) is 11.3. The molecular weight excluding hydrogens is 212 g/mol. The molecule has 0 aliphatic carbocycles. The zero-order valence-electron chi connectivity index (χ0n) is 9.68. The first-order valence-corrected chi connectivity index (χ1v) is 5.46. The van der Waals surface area contributed by atoms with Crippen LogP contribution >= 0.6 is 0 Å². The summed E-state index contributed by atoms with van der Waals surface area (Å²) in [6.45, 7) is 1.97. The van der Waals surface area contributed by atoms with Crippen LogP contribution in [0.3, 0.4) is 0 Å². The average Bonchev–Trinajstić information content (AvgIpc) is 2.32. The number of nitrogen functional groups attached to an aromatic ring is 1. The summed E-state index contributed by atoms with van der Waals surface area (Å²) in [4.78, 5) is 16.0. The van der Waals surface area contributed by atoms with Crippen LogP contribution in [-0.2, 0) is 6.42 Å². The van der Waals surface area contributed by atoms with E-state index in [1.165, 1.54) is 0 Å². The van der Waals surface area contributed by atoms with Crippen LogP contribution in [-0.4, -0.2) is 10.8 Å². The van der Waals surface area contributed by atoms with Crippen molar-refractivity contribution in [2.75, 3.05) is 5.73 Å². The fourth-order valence-electron chi connectivity index (χ4n) is 1.69. The van der Waals surface area contributed by atoms with Crippen molar-refractivity contribution in [1.82, 2.24) is 4.98 Å². The van der Waals surface area contributed by atoms with Crippen molar-refractivity contribution in [3.63, 3.8) is 0 Å². The number of nitrogens with two attached hydrogens (primary N) is 1. The van der Waals surface area contributed by atoms with Crippen LogP contribution in [0.5, 0.6) is 0 Å². The molecule has 1 heterocycles. The van der Waals surface area contributed by atoms with Gasteiger partial charge in [0.1, 0.15) is 5.82 Å². The minimum atomic E-state index is 0.0633. The minimum Gasteiger partial charge on any atom is -0.383 e. The summed E-state index contributed by atoms with van der Waals surface area (Å²) in [5.41, 5.74) is 8.29. The molecule has 0 saturated carbocycles.